The molecule has 0 aromatic heterocycles. The van der Waals surface area contributed by atoms with E-state index in [1.54, 1.807) is 0 Å². The number of rotatable bonds is 6. The van der Waals surface area contributed by atoms with Gasteiger partial charge in [-0.3, -0.25) is 4.79 Å². The number of hydrogen-bond acceptors (Lipinski definition) is 2. The first-order chi connectivity index (χ1) is 9.77. The molecule has 1 N–H and O–H groups in total. The highest BCUT2D eigenvalue weighted by atomic mass is 16.2. The van der Waals surface area contributed by atoms with Crippen LogP contribution in [0.5, 0.6) is 0 Å². The molecule has 3 heteroatoms. The van der Waals surface area contributed by atoms with Gasteiger partial charge in [0.15, 0.2) is 0 Å². The summed E-state index contributed by atoms with van der Waals surface area (Å²) in [6.07, 6.45) is 5.49. The van der Waals surface area contributed by atoms with Crippen molar-refractivity contribution in [2.24, 2.45) is 5.92 Å². The number of amides is 1. The number of carbonyl (C=O) groups is 1. The monoisotopic (exact) mass is 274 g/mol. The Morgan fingerprint density at radius 2 is 2.10 bits per heavy atom. The largest absolute Gasteiger partial charge is 0.345 e. The van der Waals surface area contributed by atoms with Gasteiger partial charge in [-0.2, -0.15) is 0 Å². The summed E-state index contributed by atoms with van der Waals surface area (Å²) in [5, 5.41) is 3.31. The molecule has 1 heterocycles. The van der Waals surface area contributed by atoms with Crippen molar-refractivity contribution >= 4 is 5.91 Å². The van der Waals surface area contributed by atoms with Crippen LogP contribution in [-0.4, -0.2) is 37.5 Å². The van der Waals surface area contributed by atoms with E-state index in [1.165, 1.54) is 5.56 Å². The van der Waals surface area contributed by atoms with Crippen LogP contribution in [0.1, 0.15) is 31.2 Å². The Kier molecular flexibility index (Phi) is 6.06. The van der Waals surface area contributed by atoms with E-state index in [2.05, 4.69) is 29.6 Å². The minimum absolute atomic E-state index is 0.197. The van der Waals surface area contributed by atoms with Crippen LogP contribution in [0.15, 0.2) is 30.3 Å². The zero-order valence-electron chi connectivity index (χ0n) is 12.5. The smallest absolute Gasteiger partial charge is 0.226 e. The molecule has 2 rings (SSSR count). The van der Waals surface area contributed by atoms with Crippen LogP contribution >= 0.6 is 0 Å². The van der Waals surface area contributed by atoms with E-state index >= 15 is 0 Å². The minimum Gasteiger partial charge on any atom is -0.345 e. The van der Waals surface area contributed by atoms with Crippen LogP contribution in [0.3, 0.4) is 0 Å². The third-order valence-electron chi connectivity index (χ3n) is 4.07. The van der Waals surface area contributed by atoms with Gasteiger partial charge in [-0.05, 0) is 44.2 Å². The molecular weight excluding hydrogens is 248 g/mol. The summed E-state index contributed by atoms with van der Waals surface area (Å²) < 4.78 is 0. The van der Waals surface area contributed by atoms with Crippen molar-refractivity contribution < 1.29 is 4.79 Å². The maximum absolute atomic E-state index is 12.2. The number of nitrogens with zero attached hydrogens (tertiary/aromatic N) is 1. The number of nitrogens with one attached hydrogen (secondary N) is 1. The van der Waals surface area contributed by atoms with Gasteiger partial charge in [0.2, 0.25) is 5.91 Å². The molecule has 1 fully saturated rings. The van der Waals surface area contributed by atoms with Gasteiger partial charge in [0.25, 0.3) is 0 Å². The van der Waals surface area contributed by atoms with Crippen molar-refractivity contribution in [1.29, 1.82) is 0 Å². The Bertz CT molecular complexity index is 399. The lowest BCUT2D eigenvalue weighted by molar-refractivity contribution is -0.134. The lowest BCUT2D eigenvalue weighted by Gasteiger charge is -2.27. The molecule has 1 amide bonds. The Labute approximate surface area is 122 Å². The Morgan fingerprint density at radius 3 is 2.80 bits per heavy atom. The first kappa shape index (κ1) is 15.0. The number of benzene rings is 1. The Balaban J connectivity index is 1.64. The van der Waals surface area contributed by atoms with Crippen LogP contribution in [0, 0.1) is 5.92 Å². The standard InChI is InChI=1S/C17H26N2O/c1-19(17(20)16-11-7-12-18-14-16)13-6-5-10-15-8-3-2-4-9-15/h2-4,8-9,16,18H,5-7,10-14H2,1H3/t16-/m1/s1. The topological polar surface area (TPSA) is 32.3 Å². The highest BCUT2D eigenvalue weighted by molar-refractivity contribution is 5.78. The van der Waals surface area contributed by atoms with Crippen LogP contribution in [0.2, 0.25) is 0 Å². The normalized spacial score (nSPS) is 18.8. The van der Waals surface area contributed by atoms with Crippen LogP contribution in [0.4, 0.5) is 0 Å². The summed E-state index contributed by atoms with van der Waals surface area (Å²) in [6.45, 7) is 2.79. The first-order valence-corrected chi connectivity index (χ1v) is 7.77. The highest BCUT2D eigenvalue weighted by Gasteiger charge is 2.23. The molecular formula is C17H26N2O. The molecule has 1 saturated heterocycles. The summed E-state index contributed by atoms with van der Waals surface area (Å²) in [6, 6.07) is 10.6. The van der Waals surface area contributed by atoms with E-state index in [-0.39, 0.29) is 5.92 Å². The van der Waals surface area contributed by atoms with Crippen molar-refractivity contribution in [2.45, 2.75) is 32.1 Å². The van der Waals surface area contributed by atoms with Crippen molar-refractivity contribution in [3.8, 4) is 0 Å². The second kappa shape index (κ2) is 8.05. The molecule has 20 heavy (non-hydrogen) atoms. The zero-order valence-corrected chi connectivity index (χ0v) is 12.5. The van der Waals surface area contributed by atoms with Gasteiger partial charge in [0, 0.05) is 20.1 Å². The predicted octanol–water partition coefficient (Wildman–Crippen LogP) is 2.47. The summed E-state index contributed by atoms with van der Waals surface area (Å²) in [5.41, 5.74) is 1.39. The quantitative estimate of drug-likeness (QED) is 0.808. The molecule has 3 nitrogen and oxygen atoms in total. The molecule has 0 radical (unpaired) electrons. The van der Waals surface area contributed by atoms with E-state index in [4.69, 9.17) is 0 Å². The van der Waals surface area contributed by atoms with E-state index in [0.29, 0.717) is 5.91 Å². The summed E-state index contributed by atoms with van der Waals surface area (Å²) in [7, 11) is 1.94. The molecule has 110 valence electrons. The third-order valence-corrected chi connectivity index (χ3v) is 4.07. The Morgan fingerprint density at radius 1 is 1.30 bits per heavy atom. The maximum Gasteiger partial charge on any atom is 0.226 e. The maximum atomic E-state index is 12.2. The van der Waals surface area contributed by atoms with Gasteiger partial charge in [0.05, 0.1) is 5.92 Å². The summed E-state index contributed by atoms with van der Waals surface area (Å²) in [4.78, 5) is 14.2. The van der Waals surface area contributed by atoms with Crippen molar-refractivity contribution in [2.75, 3.05) is 26.7 Å². The lowest BCUT2D eigenvalue weighted by atomic mass is 9.98. The summed E-state index contributed by atoms with van der Waals surface area (Å²) >= 11 is 0. The van der Waals surface area contributed by atoms with Crippen molar-refractivity contribution in [3.63, 3.8) is 0 Å². The lowest BCUT2D eigenvalue weighted by Crippen LogP contribution is -2.41. The number of piperidine rings is 1. The fraction of sp³-hybridized carbons (Fsp3) is 0.588. The molecule has 0 bridgehead atoms. The van der Waals surface area contributed by atoms with Crippen molar-refractivity contribution in [3.05, 3.63) is 35.9 Å². The van der Waals surface area contributed by atoms with Crippen molar-refractivity contribution in [1.82, 2.24) is 10.2 Å². The number of carbonyl (C=O) groups excluding carboxylic acids is 1. The zero-order chi connectivity index (χ0) is 14.2. The SMILES string of the molecule is CN(CCCCc1ccccc1)C(=O)[C@@H]1CCCNC1. The van der Waals surface area contributed by atoms with Crippen LogP contribution in [-0.2, 0) is 11.2 Å². The average Bonchev–Trinajstić information content (AvgIpc) is 2.52. The number of hydrogen-bond donors (Lipinski definition) is 1. The summed E-state index contributed by atoms with van der Waals surface area (Å²) in [5.74, 6) is 0.514. The van der Waals surface area contributed by atoms with E-state index in [0.717, 1.165) is 51.7 Å². The van der Waals surface area contributed by atoms with Crippen LogP contribution < -0.4 is 5.32 Å². The molecule has 1 aliphatic rings. The van der Waals surface area contributed by atoms with Gasteiger partial charge in [-0.25, -0.2) is 0 Å². The van der Waals surface area contributed by atoms with Gasteiger partial charge in [-0.1, -0.05) is 30.3 Å². The molecule has 1 aliphatic heterocycles. The second-order valence-electron chi connectivity index (χ2n) is 5.75. The van der Waals surface area contributed by atoms with E-state index < -0.39 is 0 Å². The third kappa shape index (κ3) is 4.64. The molecule has 0 aliphatic carbocycles. The molecule has 1 aromatic carbocycles. The van der Waals surface area contributed by atoms with Gasteiger partial charge >= 0.3 is 0 Å². The van der Waals surface area contributed by atoms with Gasteiger partial charge in [0.1, 0.15) is 0 Å². The molecule has 0 saturated carbocycles. The molecule has 0 spiro atoms. The number of unbranched alkanes of at least 4 members (excludes halogenated alkanes) is 1. The predicted molar refractivity (Wildman–Crippen MR) is 82.6 cm³/mol. The highest BCUT2D eigenvalue weighted by Crippen LogP contribution is 2.13. The average molecular weight is 274 g/mol. The molecule has 1 atom stereocenters. The van der Waals surface area contributed by atoms with E-state index in [1.807, 2.05) is 18.0 Å². The first-order valence-electron chi connectivity index (χ1n) is 7.77. The molecule has 1 aromatic rings. The van der Waals surface area contributed by atoms with Gasteiger partial charge in [-0.15, -0.1) is 0 Å². The number of aryl methyl sites for hydroxylation is 1. The Hall–Kier alpha value is -1.35. The van der Waals surface area contributed by atoms with Crippen LogP contribution in [0.25, 0.3) is 0 Å². The molecule has 0 unspecified atom stereocenters. The second-order valence-corrected chi connectivity index (χ2v) is 5.75. The fourth-order valence-corrected chi connectivity index (χ4v) is 2.81. The fourth-order valence-electron chi connectivity index (χ4n) is 2.81. The van der Waals surface area contributed by atoms with E-state index in [9.17, 15) is 4.79 Å². The van der Waals surface area contributed by atoms with Gasteiger partial charge < -0.3 is 10.2 Å². The minimum atomic E-state index is 0.197.